The molecule has 0 unspecified atom stereocenters. The fraction of sp³-hybridized carbons (Fsp3) is 0.235. The van der Waals surface area contributed by atoms with E-state index in [1.807, 2.05) is 37.3 Å². The summed E-state index contributed by atoms with van der Waals surface area (Å²) in [4.78, 5) is 12.3. The Kier molecular flexibility index (Phi) is 3.49. The molecule has 3 rings (SSSR count). The van der Waals surface area contributed by atoms with Crippen molar-refractivity contribution >= 4 is 23.2 Å². The molecule has 0 aromatic heterocycles. The molecule has 1 saturated carbocycles. The van der Waals surface area contributed by atoms with Crippen LogP contribution in [0.1, 0.15) is 23.5 Å². The van der Waals surface area contributed by atoms with E-state index in [0.29, 0.717) is 10.9 Å². The molecule has 102 valence electrons. The molecule has 3 heteroatoms. The molecule has 1 fully saturated rings. The van der Waals surface area contributed by atoms with E-state index in [4.69, 9.17) is 11.6 Å². The minimum atomic E-state index is 0.0794. The first-order valence-electron chi connectivity index (χ1n) is 6.77. The highest BCUT2D eigenvalue weighted by Crippen LogP contribution is 2.48. The standard InChI is InChI=1S/C17H16ClNO/c1-11-7-8-13(18)9-16(11)19-17(20)15-10-14(15)12-5-3-2-4-6-12/h2-9,14-15H,10H2,1H3,(H,19,20)/t14-,15+/m1/s1. The topological polar surface area (TPSA) is 29.1 Å². The highest BCUT2D eigenvalue weighted by molar-refractivity contribution is 6.31. The van der Waals surface area contributed by atoms with Gasteiger partial charge in [0.15, 0.2) is 0 Å². The zero-order valence-corrected chi connectivity index (χ0v) is 12.0. The first-order valence-corrected chi connectivity index (χ1v) is 7.15. The molecule has 2 nitrogen and oxygen atoms in total. The zero-order chi connectivity index (χ0) is 14.1. The molecule has 0 saturated heterocycles. The Morgan fingerprint density at radius 2 is 1.95 bits per heavy atom. The van der Waals surface area contributed by atoms with Gasteiger partial charge in [0.1, 0.15) is 0 Å². The molecule has 1 N–H and O–H groups in total. The minimum Gasteiger partial charge on any atom is -0.326 e. The van der Waals surface area contributed by atoms with Crippen LogP contribution in [0.3, 0.4) is 0 Å². The molecular weight excluding hydrogens is 270 g/mol. The molecule has 0 aliphatic heterocycles. The molecule has 0 bridgehead atoms. The smallest absolute Gasteiger partial charge is 0.228 e. The Morgan fingerprint density at radius 1 is 1.20 bits per heavy atom. The summed E-state index contributed by atoms with van der Waals surface area (Å²) in [6, 6.07) is 15.7. The molecule has 0 heterocycles. The van der Waals surface area contributed by atoms with Crippen molar-refractivity contribution in [3.63, 3.8) is 0 Å². The molecule has 1 aliphatic carbocycles. The van der Waals surface area contributed by atoms with Gasteiger partial charge in [0, 0.05) is 16.6 Å². The highest BCUT2D eigenvalue weighted by Gasteiger charge is 2.43. The van der Waals surface area contributed by atoms with Gasteiger partial charge in [-0.2, -0.15) is 0 Å². The van der Waals surface area contributed by atoms with Crippen LogP contribution >= 0.6 is 11.6 Å². The average Bonchev–Trinajstić information content (AvgIpc) is 3.24. The Labute approximate surface area is 123 Å². The second kappa shape index (κ2) is 5.29. The maximum absolute atomic E-state index is 12.3. The summed E-state index contributed by atoms with van der Waals surface area (Å²) in [6.45, 7) is 1.97. The molecule has 2 aromatic carbocycles. The number of carbonyl (C=O) groups excluding carboxylic acids is 1. The van der Waals surface area contributed by atoms with Gasteiger partial charge in [-0.15, -0.1) is 0 Å². The van der Waals surface area contributed by atoms with Gasteiger partial charge < -0.3 is 5.32 Å². The fourth-order valence-corrected chi connectivity index (χ4v) is 2.68. The van der Waals surface area contributed by atoms with Gasteiger partial charge in [0.05, 0.1) is 0 Å². The van der Waals surface area contributed by atoms with Crippen LogP contribution in [0.4, 0.5) is 5.69 Å². The Morgan fingerprint density at radius 3 is 2.70 bits per heavy atom. The summed E-state index contributed by atoms with van der Waals surface area (Å²) in [7, 11) is 0. The lowest BCUT2D eigenvalue weighted by atomic mass is 10.1. The van der Waals surface area contributed by atoms with Crippen molar-refractivity contribution in [2.45, 2.75) is 19.3 Å². The van der Waals surface area contributed by atoms with Crippen LogP contribution in [0.25, 0.3) is 0 Å². The molecule has 20 heavy (non-hydrogen) atoms. The predicted octanol–water partition coefficient (Wildman–Crippen LogP) is 4.39. The quantitative estimate of drug-likeness (QED) is 0.890. The summed E-state index contributed by atoms with van der Waals surface area (Å²) in [5, 5.41) is 3.63. The van der Waals surface area contributed by atoms with Crippen LogP contribution in [0.15, 0.2) is 48.5 Å². The van der Waals surface area contributed by atoms with Crippen LogP contribution in [0.5, 0.6) is 0 Å². The predicted molar refractivity (Wildman–Crippen MR) is 82.1 cm³/mol. The maximum Gasteiger partial charge on any atom is 0.228 e. The van der Waals surface area contributed by atoms with Gasteiger partial charge in [0.25, 0.3) is 0 Å². The number of hydrogen-bond acceptors (Lipinski definition) is 1. The number of halogens is 1. The van der Waals surface area contributed by atoms with Gasteiger partial charge in [0.2, 0.25) is 5.91 Å². The Bertz CT molecular complexity index is 639. The molecule has 1 amide bonds. The van der Waals surface area contributed by atoms with Crippen molar-refractivity contribution in [3.05, 3.63) is 64.7 Å². The minimum absolute atomic E-state index is 0.0794. The third-order valence-electron chi connectivity index (χ3n) is 3.81. The Hall–Kier alpha value is -1.80. The first-order chi connectivity index (χ1) is 9.65. The Balaban J connectivity index is 1.68. The normalized spacial score (nSPS) is 20.5. The van der Waals surface area contributed by atoms with Crippen molar-refractivity contribution in [1.29, 1.82) is 0 Å². The van der Waals surface area contributed by atoms with E-state index < -0.39 is 0 Å². The van der Waals surface area contributed by atoms with Gasteiger partial charge in [-0.1, -0.05) is 48.0 Å². The lowest BCUT2D eigenvalue weighted by molar-refractivity contribution is -0.117. The first kappa shape index (κ1) is 13.2. The molecular formula is C17H16ClNO. The van der Waals surface area contributed by atoms with E-state index in [0.717, 1.165) is 17.7 Å². The highest BCUT2D eigenvalue weighted by atomic mass is 35.5. The van der Waals surface area contributed by atoms with Crippen molar-refractivity contribution in [2.24, 2.45) is 5.92 Å². The lowest BCUT2D eigenvalue weighted by Gasteiger charge is -2.08. The van der Waals surface area contributed by atoms with Crippen molar-refractivity contribution in [1.82, 2.24) is 0 Å². The maximum atomic E-state index is 12.3. The van der Waals surface area contributed by atoms with E-state index >= 15 is 0 Å². The number of nitrogens with one attached hydrogen (secondary N) is 1. The van der Waals surface area contributed by atoms with Gasteiger partial charge in [-0.25, -0.2) is 0 Å². The summed E-state index contributed by atoms with van der Waals surface area (Å²) in [5.41, 5.74) is 3.08. The van der Waals surface area contributed by atoms with Gasteiger partial charge >= 0.3 is 0 Å². The van der Waals surface area contributed by atoms with E-state index in [2.05, 4.69) is 17.4 Å². The zero-order valence-electron chi connectivity index (χ0n) is 11.3. The van der Waals surface area contributed by atoms with Crippen molar-refractivity contribution in [3.8, 4) is 0 Å². The number of benzene rings is 2. The number of carbonyl (C=O) groups is 1. The van der Waals surface area contributed by atoms with Crippen LogP contribution < -0.4 is 5.32 Å². The molecule has 2 atom stereocenters. The number of hydrogen-bond donors (Lipinski definition) is 1. The number of rotatable bonds is 3. The van der Waals surface area contributed by atoms with Gasteiger partial charge in [-0.3, -0.25) is 4.79 Å². The lowest BCUT2D eigenvalue weighted by Crippen LogP contribution is -2.15. The molecule has 2 aromatic rings. The second-order valence-electron chi connectivity index (χ2n) is 5.31. The SMILES string of the molecule is Cc1ccc(Cl)cc1NC(=O)[C@H]1C[C@@H]1c1ccccc1. The third-order valence-corrected chi connectivity index (χ3v) is 4.05. The fourth-order valence-electron chi connectivity index (χ4n) is 2.51. The van der Waals surface area contributed by atoms with E-state index in [-0.39, 0.29) is 11.8 Å². The molecule has 0 radical (unpaired) electrons. The van der Waals surface area contributed by atoms with Crippen molar-refractivity contribution < 1.29 is 4.79 Å². The van der Waals surface area contributed by atoms with Crippen LogP contribution in [0.2, 0.25) is 5.02 Å². The second-order valence-corrected chi connectivity index (χ2v) is 5.74. The van der Waals surface area contributed by atoms with E-state index in [1.54, 1.807) is 6.07 Å². The summed E-state index contributed by atoms with van der Waals surface area (Å²) in [6.07, 6.45) is 0.926. The van der Waals surface area contributed by atoms with Crippen molar-refractivity contribution in [2.75, 3.05) is 5.32 Å². The number of aryl methyl sites for hydroxylation is 1. The van der Waals surface area contributed by atoms with E-state index in [1.165, 1.54) is 5.56 Å². The largest absolute Gasteiger partial charge is 0.326 e. The van der Waals surface area contributed by atoms with Gasteiger partial charge in [-0.05, 0) is 42.5 Å². The number of amides is 1. The summed E-state index contributed by atoms with van der Waals surface area (Å²) >= 11 is 5.97. The van der Waals surface area contributed by atoms with Crippen LogP contribution in [-0.4, -0.2) is 5.91 Å². The summed E-state index contributed by atoms with van der Waals surface area (Å²) in [5.74, 6) is 0.524. The molecule has 0 spiro atoms. The summed E-state index contributed by atoms with van der Waals surface area (Å²) < 4.78 is 0. The number of anilines is 1. The van der Waals surface area contributed by atoms with Crippen LogP contribution in [-0.2, 0) is 4.79 Å². The average molecular weight is 286 g/mol. The van der Waals surface area contributed by atoms with Crippen LogP contribution in [0, 0.1) is 12.8 Å². The van der Waals surface area contributed by atoms with E-state index in [9.17, 15) is 4.79 Å². The third kappa shape index (κ3) is 2.70. The molecule has 1 aliphatic rings. The monoisotopic (exact) mass is 285 g/mol.